The van der Waals surface area contributed by atoms with E-state index in [4.69, 9.17) is 37.4 Å². The first-order valence-corrected chi connectivity index (χ1v) is 17.4. The van der Waals surface area contributed by atoms with E-state index < -0.39 is 23.1 Å². The topological polar surface area (TPSA) is 85.4 Å². The van der Waals surface area contributed by atoms with E-state index in [-0.39, 0.29) is 36.3 Å². The van der Waals surface area contributed by atoms with Gasteiger partial charge in [0.1, 0.15) is 11.7 Å². The van der Waals surface area contributed by atoms with Gasteiger partial charge in [-0.15, -0.1) is 0 Å². The van der Waals surface area contributed by atoms with Crippen LogP contribution < -0.4 is 9.47 Å². The minimum Gasteiger partial charge on any atom is -0.483 e. The smallest absolute Gasteiger partial charge is 0.308 e. The van der Waals surface area contributed by atoms with Gasteiger partial charge >= 0.3 is 11.9 Å². The van der Waals surface area contributed by atoms with Crippen molar-refractivity contribution in [3.8, 4) is 11.5 Å². The number of likely N-dealkylation sites (tertiary alicyclic amines) is 1. The maximum Gasteiger partial charge on any atom is 0.308 e. The Morgan fingerprint density at radius 2 is 1.83 bits per heavy atom. The number of amides is 1. The largest absolute Gasteiger partial charge is 0.483 e. The number of ether oxygens (including phenoxy) is 3. The summed E-state index contributed by atoms with van der Waals surface area (Å²) in [5, 5.41) is 0.859. The fraction of sp³-hybridized carbons (Fsp3) is 0.583. The van der Waals surface area contributed by atoms with Gasteiger partial charge in [-0.2, -0.15) is 0 Å². The van der Waals surface area contributed by atoms with Gasteiger partial charge in [-0.3, -0.25) is 19.3 Å². The number of carbonyl (C=O) groups excluding carboxylic acids is 3. The third kappa shape index (κ3) is 5.10. The summed E-state index contributed by atoms with van der Waals surface area (Å²) in [4.78, 5) is 44.2. The van der Waals surface area contributed by atoms with Gasteiger partial charge in [0.05, 0.1) is 34.0 Å². The molecule has 46 heavy (non-hydrogen) atoms. The first-order valence-electron chi connectivity index (χ1n) is 16.6. The van der Waals surface area contributed by atoms with Crippen molar-refractivity contribution in [3.63, 3.8) is 0 Å². The lowest BCUT2D eigenvalue weighted by Crippen LogP contribution is -2.79. The minimum atomic E-state index is -0.837. The number of hydrogen-bond acceptors (Lipinski definition) is 7. The molecule has 2 aromatic carbocycles. The highest BCUT2D eigenvalue weighted by molar-refractivity contribution is 6.42. The number of halogens is 2. The van der Waals surface area contributed by atoms with Crippen molar-refractivity contribution in [2.45, 2.75) is 102 Å². The molecule has 2 aliphatic heterocycles. The van der Waals surface area contributed by atoms with Crippen LogP contribution in [0.25, 0.3) is 0 Å². The van der Waals surface area contributed by atoms with Gasteiger partial charge in [-0.1, -0.05) is 49.2 Å². The van der Waals surface area contributed by atoms with Crippen molar-refractivity contribution in [3.05, 3.63) is 57.1 Å². The maximum atomic E-state index is 14.3. The molecule has 2 heterocycles. The molecule has 2 unspecified atom stereocenters. The molecule has 3 fully saturated rings. The quantitative estimate of drug-likeness (QED) is 0.234. The van der Waals surface area contributed by atoms with Gasteiger partial charge < -0.3 is 19.1 Å². The first-order chi connectivity index (χ1) is 21.9. The summed E-state index contributed by atoms with van der Waals surface area (Å²) in [7, 11) is 0. The highest BCUT2D eigenvalue weighted by Gasteiger charge is 2.76. The predicted molar refractivity (Wildman–Crippen MR) is 174 cm³/mol. The van der Waals surface area contributed by atoms with Crippen LogP contribution in [0, 0.1) is 11.8 Å². The molecule has 2 aromatic rings. The van der Waals surface area contributed by atoms with Crippen LogP contribution in [0.2, 0.25) is 10.0 Å². The molecule has 1 saturated heterocycles. The van der Waals surface area contributed by atoms with E-state index >= 15 is 0 Å². The zero-order chi connectivity index (χ0) is 32.5. The van der Waals surface area contributed by atoms with Crippen LogP contribution in [0.1, 0.15) is 76.5 Å². The second-order valence-electron chi connectivity index (χ2n) is 14.4. The number of nitrogens with zero attached hydrogens (tertiary/aromatic N) is 2. The molecule has 3 aliphatic carbocycles. The predicted octanol–water partition coefficient (Wildman–Crippen LogP) is 6.15. The van der Waals surface area contributed by atoms with E-state index in [1.165, 1.54) is 26.7 Å². The lowest BCUT2D eigenvalue weighted by molar-refractivity contribution is -0.224. The number of piperidine rings is 1. The zero-order valence-electron chi connectivity index (χ0n) is 26.9. The van der Waals surface area contributed by atoms with Gasteiger partial charge in [0, 0.05) is 32.5 Å². The van der Waals surface area contributed by atoms with Crippen LogP contribution in [0.4, 0.5) is 0 Å². The number of carbonyl (C=O) groups is 3. The molecule has 5 atom stereocenters. The molecule has 1 amide bonds. The molecule has 5 aliphatic rings. The zero-order valence-corrected chi connectivity index (χ0v) is 28.5. The molecule has 0 radical (unpaired) electrons. The molecule has 0 N–H and O–H groups in total. The Morgan fingerprint density at radius 1 is 1.04 bits per heavy atom. The van der Waals surface area contributed by atoms with E-state index in [2.05, 4.69) is 24.8 Å². The molecule has 2 saturated carbocycles. The third-order valence-electron chi connectivity index (χ3n) is 10.9. The van der Waals surface area contributed by atoms with Crippen molar-refractivity contribution < 1.29 is 28.6 Å². The van der Waals surface area contributed by atoms with Crippen molar-refractivity contribution in [1.29, 1.82) is 0 Å². The number of esters is 2. The van der Waals surface area contributed by atoms with Crippen LogP contribution in [-0.4, -0.2) is 71.1 Å². The van der Waals surface area contributed by atoms with Crippen LogP contribution in [0.15, 0.2) is 30.3 Å². The SMILES string of the molecule is CC(=O)Oc1ccc2c3c1OC1C(N(CC(C)C)C(=O)Cc4ccc(Cl)c(Cl)c4)CC[C@@]4(OC(C)=O)[C@@H](C2)N(CC2CC2)CC[C@]314. The van der Waals surface area contributed by atoms with Crippen molar-refractivity contribution >= 4 is 41.0 Å². The van der Waals surface area contributed by atoms with Crippen molar-refractivity contribution in [2.75, 3.05) is 19.6 Å². The second kappa shape index (κ2) is 11.7. The fourth-order valence-electron chi connectivity index (χ4n) is 9.18. The van der Waals surface area contributed by atoms with Gasteiger partial charge in [0.15, 0.2) is 11.5 Å². The fourth-order valence-corrected chi connectivity index (χ4v) is 9.50. The minimum absolute atomic E-state index is 0.0127. The average molecular weight is 670 g/mol. The Balaban J connectivity index is 1.35. The van der Waals surface area contributed by atoms with Crippen LogP contribution in [-0.2, 0) is 37.4 Å². The lowest BCUT2D eigenvalue weighted by atomic mass is 9.48. The lowest BCUT2D eigenvalue weighted by Gasteiger charge is -2.65. The highest BCUT2D eigenvalue weighted by atomic mass is 35.5. The first kappa shape index (κ1) is 31.8. The van der Waals surface area contributed by atoms with E-state index in [1.807, 2.05) is 17.0 Å². The molecule has 1 spiro atoms. The summed E-state index contributed by atoms with van der Waals surface area (Å²) >= 11 is 12.5. The summed E-state index contributed by atoms with van der Waals surface area (Å²) in [6, 6.07) is 8.90. The van der Waals surface area contributed by atoms with Gasteiger partial charge in [-0.05, 0) is 86.2 Å². The standard InChI is InChI=1S/C36H42Cl2N2O6/c1-20(2)18-40(31(43)16-24-7-9-26(37)27(38)15-24)28-11-12-36(46-22(4)42)30-17-25-8-10-29(44-21(3)41)33-32(25)35(36,34(28)45-33)13-14-39(30)19-23-5-6-23/h7-10,15,20,23,28,30,34H,5-6,11-14,16-19H2,1-4H3/t28?,30-,34?,35+,36-/m1/s1. The van der Waals surface area contributed by atoms with Gasteiger partial charge in [0.25, 0.3) is 0 Å². The Hall–Kier alpha value is -2.81. The van der Waals surface area contributed by atoms with E-state index in [0.717, 1.165) is 36.2 Å². The Kier molecular flexibility index (Phi) is 8.09. The van der Waals surface area contributed by atoms with Crippen molar-refractivity contribution in [1.82, 2.24) is 9.80 Å². The summed E-state index contributed by atoms with van der Waals surface area (Å²) < 4.78 is 19.4. The Morgan fingerprint density at radius 3 is 2.50 bits per heavy atom. The van der Waals surface area contributed by atoms with E-state index in [9.17, 15) is 14.4 Å². The Labute approximate surface area is 280 Å². The molecule has 246 valence electrons. The molecule has 7 rings (SSSR count). The molecule has 0 aromatic heterocycles. The van der Waals surface area contributed by atoms with Crippen molar-refractivity contribution in [2.24, 2.45) is 11.8 Å². The maximum absolute atomic E-state index is 14.3. The third-order valence-corrected chi connectivity index (χ3v) is 11.6. The normalized spacial score (nSPS) is 29.2. The molecule has 2 bridgehead atoms. The van der Waals surface area contributed by atoms with E-state index in [0.29, 0.717) is 53.3 Å². The highest BCUT2D eigenvalue weighted by Crippen LogP contribution is 2.67. The molecule has 8 nitrogen and oxygen atoms in total. The molecular weight excluding hydrogens is 627 g/mol. The summed E-state index contributed by atoms with van der Waals surface area (Å²) in [6.07, 6.45) is 4.80. The van der Waals surface area contributed by atoms with E-state index in [1.54, 1.807) is 12.1 Å². The Bertz CT molecular complexity index is 1590. The summed E-state index contributed by atoms with van der Waals surface area (Å²) in [5.74, 6) is 1.05. The van der Waals surface area contributed by atoms with Gasteiger partial charge in [0.2, 0.25) is 5.91 Å². The number of benzene rings is 2. The molecular formula is C36H42Cl2N2O6. The van der Waals surface area contributed by atoms with Crippen LogP contribution in [0.5, 0.6) is 11.5 Å². The molecule has 10 heteroatoms. The van der Waals surface area contributed by atoms with Crippen LogP contribution in [0.3, 0.4) is 0 Å². The number of hydrogen-bond donors (Lipinski definition) is 0. The summed E-state index contributed by atoms with van der Waals surface area (Å²) in [6.45, 7) is 9.48. The summed E-state index contributed by atoms with van der Waals surface area (Å²) in [5.41, 5.74) is 1.38. The monoisotopic (exact) mass is 668 g/mol. The average Bonchev–Trinajstić information content (AvgIpc) is 3.73. The second-order valence-corrected chi connectivity index (χ2v) is 15.2. The number of rotatable bonds is 9. The van der Waals surface area contributed by atoms with Crippen LogP contribution >= 0.6 is 23.2 Å². The van der Waals surface area contributed by atoms with Gasteiger partial charge in [-0.25, -0.2) is 0 Å².